The van der Waals surface area contributed by atoms with E-state index in [0.29, 0.717) is 85.0 Å². The number of carbonyl (C=O) groups excluding carboxylic acids is 3. The van der Waals surface area contributed by atoms with Crippen LogP contribution in [0.3, 0.4) is 0 Å². The molecule has 72 heavy (non-hydrogen) atoms. The Morgan fingerprint density at radius 2 is 1.29 bits per heavy atom. The van der Waals surface area contributed by atoms with Crippen LogP contribution in [0.2, 0.25) is 0 Å². The molecule has 2 aliphatic rings. The van der Waals surface area contributed by atoms with Gasteiger partial charge in [-0.15, -0.1) is 0 Å². The Labute approximate surface area is 419 Å². The second kappa shape index (κ2) is 23.6. The van der Waals surface area contributed by atoms with Crippen molar-refractivity contribution in [3.05, 3.63) is 213 Å². The Kier molecular flexibility index (Phi) is 16.2. The number of hydrogen-bond donors (Lipinski definition) is 4. The number of nitrogens with one attached hydrogen (secondary N) is 2. The molecule has 4 N–H and O–H groups in total. The zero-order valence-corrected chi connectivity index (χ0v) is 40.3. The Morgan fingerprint density at radius 3 is 1.96 bits per heavy atom. The van der Waals surface area contributed by atoms with E-state index in [9.17, 15) is 29.4 Å². The Balaban J connectivity index is 0.710. The minimum absolute atomic E-state index is 0.0553. The zero-order valence-electron chi connectivity index (χ0n) is 40.3. The number of phenols is 1. The average molecular weight is 968 g/mol. The lowest BCUT2D eigenvalue weighted by Crippen LogP contribution is -2.50. The fourth-order valence-corrected chi connectivity index (χ4v) is 9.66. The van der Waals surface area contributed by atoms with Gasteiger partial charge in [0.1, 0.15) is 24.0 Å². The molecule has 7 aromatic rings. The number of aromatic hydroxyl groups is 1. The van der Waals surface area contributed by atoms with Crippen LogP contribution >= 0.6 is 0 Å². The van der Waals surface area contributed by atoms with E-state index in [1.54, 1.807) is 21.9 Å². The van der Waals surface area contributed by atoms with Gasteiger partial charge in [-0.2, -0.15) is 0 Å². The van der Waals surface area contributed by atoms with Crippen molar-refractivity contribution in [3.8, 4) is 11.5 Å². The lowest BCUT2D eigenvalue weighted by Gasteiger charge is -2.35. The first-order valence-electron chi connectivity index (χ1n) is 24.9. The maximum Gasteiger partial charge on any atom is 0.317 e. The summed E-state index contributed by atoms with van der Waals surface area (Å²) in [7, 11) is 0. The molecule has 0 bridgehead atoms. The van der Waals surface area contributed by atoms with Crippen LogP contribution < -0.4 is 15.6 Å². The number of pyridine rings is 1. The van der Waals surface area contributed by atoms with Gasteiger partial charge in [-0.25, -0.2) is 0 Å². The summed E-state index contributed by atoms with van der Waals surface area (Å²) in [4.78, 5) is 61.3. The molecule has 0 saturated carbocycles. The maximum atomic E-state index is 13.9. The van der Waals surface area contributed by atoms with Crippen LogP contribution in [-0.2, 0) is 29.1 Å². The number of benzene rings is 6. The SMILES string of the molecule is O=C(OCC1CCN(Cc2ccccc2)CC1)C(c1ccccc1)c1cccc(OCc2ccc(C(=O)N3CCN(C(=O)c4ccc(CCNCC(O)c5ccc(O)c6[nH]c(=O)ccc56)cc4)CC3)cc2)c1. The van der Waals surface area contributed by atoms with E-state index < -0.39 is 12.0 Å². The van der Waals surface area contributed by atoms with Crippen molar-refractivity contribution in [2.75, 3.05) is 59.0 Å². The number of aliphatic hydroxyl groups excluding tert-OH is 1. The van der Waals surface area contributed by atoms with Crippen molar-refractivity contribution in [1.29, 1.82) is 0 Å². The summed E-state index contributed by atoms with van der Waals surface area (Å²) in [5.41, 5.74) is 6.60. The zero-order chi connectivity index (χ0) is 49.8. The molecule has 13 nitrogen and oxygen atoms in total. The molecular weight excluding hydrogens is 907 g/mol. The predicted molar refractivity (Wildman–Crippen MR) is 277 cm³/mol. The van der Waals surface area contributed by atoms with E-state index in [2.05, 4.69) is 39.5 Å². The van der Waals surface area contributed by atoms with Crippen molar-refractivity contribution >= 4 is 28.7 Å². The Bertz CT molecular complexity index is 2990. The number of fused-ring (bicyclic) bond motifs is 1. The van der Waals surface area contributed by atoms with Crippen LogP contribution in [-0.4, -0.2) is 107 Å². The van der Waals surface area contributed by atoms with Gasteiger partial charge in [0.25, 0.3) is 11.8 Å². The predicted octanol–water partition coefficient (Wildman–Crippen LogP) is 7.86. The highest BCUT2D eigenvalue weighted by molar-refractivity contribution is 5.96. The third kappa shape index (κ3) is 12.5. The minimum atomic E-state index is -0.853. The lowest BCUT2D eigenvalue weighted by molar-refractivity contribution is -0.146. The fraction of sp³-hybridized carbons (Fsp3) is 0.288. The van der Waals surface area contributed by atoms with Crippen molar-refractivity contribution < 1.29 is 34.1 Å². The van der Waals surface area contributed by atoms with Gasteiger partial charge < -0.3 is 39.8 Å². The molecule has 2 aliphatic heterocycles. The van der Waals surface area contributed by atoms with Crippen LogP contribution in [0.1, 0.15) is 79.0 Å². The summed E-state index contributed by atoms with van der Waals surface area (Å²) in [6.07, 6.45) is 1.80. The number of esters is 1. The van der Waals surface area contributed by atoms with Crippen molar-refractivity contribution in [2.24, 2.45) is 5.92 Å². The quantitative estimate of drug-likeness (QED) is 0.0492. The normalized spacial score (nSPS) is 15.2. The Morgan fingerprint density at radius 1 is 0.667 bits per heavy atom. The van der Waals surface area contributed by atoms with Crippen LogP contribution in [0.4, 0.5) is 0 Å². The number of aliphatic hydroxyl groups is 1. The number of phenolic OH excluding ortho intramolecular Hbond substituents is 1. The molecule has 13 heteroatoms. The van der Waals surface area contributed by atoms with Gasteiger partial charge >= 0.3 is 5.97 Å². The highest BCUT2D eigenvalue weighted by Gasteiger charge is 2.28. The molecule has 3 heterocycles. The summed E-state index contributed by atoms with van der Waals surface area (Å²) in [6.45, 7) is 6.12. The van der Waals surface area contributed by atoms with Crippen LogP contribution in [0.5, 0.6) is 11.5 Å². The first kappa shape index (κ1) is 49.4. The summed E-state index contributed by atoms with van der Waals surface area (Å²) < 4.78 is 12.3. The Hall–Kier alpha value is -7.58. The number of piperidine rings is 1. The van der Waals surface area contributed by atoms with Crippen LogP contribution in [0.15, 0.2) is 163 Å². The number of nitrogens with zero attached hydrogens (tertiary/aromatic N) is 3. The second-order valence-electron chi connectivity index (χ2n) is 18.8. The number of ether oxygens (including phenoxy) is 2. The summed E-state index contributed by atoms with van der Waals surface area (Å²) >= 11 is 0. The molecule has 2 atom stereocenters. The number of amides is 2. The molecule has 2 amide bonds. The molecule has 0 radical (unpaired) electrons. The number of H-pyrrole nitrogens is 1. The number of carbonyl (C=O) groups is 3. The fourth-order valence-electron chi connectivity index (χ4n) is 9.66. The number of likely N-dealkylation sites (tertiary alicyclic amines) is 1. The smallest absolute Gasteiger partial charge is 0.317 e. The van der Waals surface area contributed by atoms with Crippen molar-refractivity contribution in [3.63, 3.8) is 0 Å². The number of aromatic amines is 1. The molecule has 6 aromatic carbocycles. The van der Waals surface area contributed by atoms with Gasteiger partial charge in [-0.05, 0) is 127 Å². The number of piperazine rings is 1. The monoisotopic (exact) mass is 967 g/mol. The third-order valence-corrected chi connectivity index (χ3v) is 13.8. The molecule has 1 aromatic heterocycles. The summed E-state index contributed by atoms with van der Waals surface area (Å²) in [5.74, 6) is -0.151. The highest BCUT2D eigenvalue weighted by atomic mass is 16.5. The van der Waals surface area contributed by atoms with Crippen LogP contribution in [0.25, 0.3) is 10.9 Å². The van der Waals surface area contributed by atoms with Gasteiger partial charge in [-0.3, -0.25) is 24.1 Å². The molecule has 0 spiro atoms. The largest absolute Gasteiger partial charge is 0.506 e. The van der Waals surface area contributed by atoms with Gasteiger partial charge in [-0.1, -0.05) is 103 Å². The van der Waals surface area contributed by atoms with Gasteiger partial charge in [0.2, 0.25) is 5.56 Å². The third-order valence-electron chi connectivity index (χ3n) is 13.8. The van der Waals surface area contributed by atoms with Gasteiger partial charge in [0.05, 0.1) is 18.2 Å². The van der Waals surface area contributed by atoms with E-state index in [-0.39, 0.29) is 42.2 Å². The first-order valence-corrected chi connectivity index (χ1v) is 24.9. The molecule has 370 valence electrons. The topological polar surface area (TPSA) is 165 Å². The minimum Gasteiger partial charge on any atom is -0.506 e. The van der Waals surface area contributed by atoms with Crippen LogP contribution in [0, 0.1) is 5.92 Å². The van der Waals surface area contributed by atoms with Crippen molar-refractivity contribution in [1.82, 2.24) is 25.0 Å². The molecule has 2 saturated heterocycles. The lowest BCUT2D eigenvalue weighted by atomic mass is 9.91. The summed E-state index contributed by atoms with van der Waals surface area (Å²) in [6, 6.07) is 48.9. The van der Waals surface area contributed by atoms with Crippen molar-refractivity contribution in [2.45, 2.75) is 44.4 Å². The highest BCUT2D eigenvalue weighted by Crippen LogP contribution is 2.31. The standard InChI is InChI=1S/C59H61N5O8/c65-52-24-22-50(51-23-25-54(67)61-56(51)52)53(66)37-60-29-26-41-14-18-46(19-15-41)57(68)63-32-34-64(35-33-63)58(69)47-20-16-43(17-21-47)39-71-49-13-7-12-48(36-49)55(45-10-5-2-6-11-45)59(70)72-40-44-27-30-62(31-28-44)38-42-8-3-1-4-9-42/h1-25,36,44,53,55,60,65-66H,26-35,37-40H2,(H,61,67). The molecule has 9 rings (SSSR count). The first-order chi connectivity index (χ1) is 35.1. The van der Waals surface area contributed by atoms with E-state index in [0.717, 1.165) is 54.7 Å². The van der Waals surface area contributed by atoms with E-state index in [4.69, 9.17) is 9.47 Å². The average Bonchev–Trinajstić information content (AvgIpc) is 3.42. The number of hydrogen-bond acceptors (Lipinski definition) is 10. The number of aromatic nitrogens is 1. The van der Waals surface area contributed by atoms with E-state index in [1.165, 1.54) is 17.7 Å². The molecule has 0 aliphatic carbocycles. The van der Waals surface area contributed by atoms with E-state index in [1.807, 2.05) is 109 Å². The van der Waals surface area contributed by atoms with Gasteiger partial charge in [0.15, 0.2) is 0 Å². The molecular formula is C59H61N5O8. The maximum absolute atomic E-state index is 13.9. The van der Waals surface area contributed by atoms with E-state index >= 15 is 0 Å². The molecule has 2 unspecified atom stereocenters. The second-order valence-corrected chi connectivity index (χ2v) is 18.8. The van der Waals surface area contributed by atoms with Gasteiger partial charge in [0, 0.05) is 61.8 Å². The summed E-state index contributed by atoms with van der Waals surface area (Å²) in [5, 5.41) is 24.9. The number of rotatable bonds is 18. The molecule has 2 fully saturated rings.